The molecule has 11 heteroatoms. The number of nitrogens with two attached hydrogens (primary N) is 2. The number of anilines is 1. The predicted molar refractivity (Wildman–Crippen MR) is 167 cm³/mol. The number of Topliss-reactive ketones (excluding diaryl/α,β-unsaturated/α-hetero) is 1. The number of hydrogen-bond acceptors (Lipinski definition) is 9. The van der Waals surface area contributed by atoms with Gasteiger partial charge in [0.15, 0.2) is 29.2 Å². The van der Waals surface area contributed by atoms with Crippen LogP contribution in [0.15, 0.2) is 48.1 Å². The van der Waals surface area contributed by atoms with Crippen LogP contribution in [-0.4, -0.2) is 63.2 Å². The number of hydrogen-bond donors (Lipinski definition) is 4. The van der Waals surface area contributed by atoms with E-state index in [1.54, 1.807) is 50.5 Å². The van der Waals surface area contributed by atoms with Crippen molar-refractivity contribution in [3.8, 4) is 0 Å². The average molecular weight is 706 g/mol. The van der Waals surface area contributed by atoms with E-state index in [2.05, 4.69) is 34.8 Å². The summed E-state index contributed by atoms with van der Waals surface area (Å²) in [4.78, 5) is 38.3. The molecule has 0 spiro atoms. The maximum atomic E-state index is 14.0. The van der Waals surface area contributed by atoms with Gasteiger partial charge in [-0.2, -0.15) is 0 Å². The Morgan fingerprint density at radius 1 is 1.19 bits per heavy atom. The van der Waals surface area contributed by atoms with Crippen molar-refractivity contribution < 1.29 is 33.7 Å². The van der Waals surface area contributed by atoms with Crippen molar-refractivity contribution in [2.45, 2.75) is 79.6 Å². The van der Waals surface area contributed by atoms with E-state index in [4.69, 9.17) is 25.7 Å². The molecular weight excluding hydrogens is 665 g/mol. The van der Waals surface area contributed by atoms with Crippen molar-refractivity contribution in [3.05, 3.63) is 53.6 Å². The van der Waals surface area contributed by atoms with Crippen molar-refractivity contribution >= 4 is 45.8 Å². The summed E-state index contributed by atoms with van der Waals surface area (Å²) in [5, 5.41) is 13.1. The fraction of sp³-hybridized carbons (Fsp3) is 0.594. The number of benzene rings is 1. The van der Waals surface area contributed by atoms with Crippen LogP contribution in [0.5, 0.6) is 0 Å². The van der Waals surface area contributed by atoms with Crippen LogP contribution in [0.1, 0.15) is 58.3 Å². The molecule has 10 nitrogen and oxygen atoms in total. The quantitative estimate of drug-likeness (QED) is 0.258. The second-order valence-corrected chi connectivity index (χ2v) is 15.1. The first-order valence-corrected chi connectivity index (χ1v) is 15.9. The average Bonchev–Trinajstić information content (AvgIpc) is 3.38. The van der Waals surface area contributed by atoms with E-state index >= 15 is 0 Å². The van der Waals surface area contributed by atoms with Gasteiger partial charge >= 0.3 is 0 Å². The lowest BCUT2D eigenvalue weighted by Gasteiger charge is -2.65. The molecule has 5 aliphatic rings. The topological polar surface area (TPSA) is 163 Å². The molecule has 10 atom stereocenters. The van der Waals surface area contributed by atoms with Crippen molar-refractivity contribution in [1.29, 1.82) is 0 Å². The summed E-state index contributed by atoms with van der Waals surface area (Å²) < 4.78 is 19.1. The zero-order valence-electron chi connectivity index (χ0n) is 24.9. The number of amides is 1. The lowest BCUT2D eigenvalue weighted by molar-refractivity contribution is -0.197. The van der Waals surface area contributed by atoms with Gasteiger partial charge in [-0.25, -0.2) is 0 Å². The maximum absolute atomic E-state index is 14.0. The van der Waals surface area contributed by atoms with E-state index in [-0.39, 0.29) is 29.6 Å². The number of methoxy groups -OCH3 is 1. The molecule has 1 aromatic carbocycles. The van der Waals surface area contributed by atoms with Gasteiger partial charge in [0, 0.05) is 29.2 Å². The van der Waals surface area contributed by atoms with Crippen molar-refractivity contribution in [2.75, 3.05) is 19.0 Å². The number of aliphatic hydroxyl groups is 1. The molecule has 232 valence electrons. The molecule has 1 amide bonds. The minimum Gasteiger partial charge on any atom is -0.388 e. The monoisotopic (exact) mass is 705 g/mol. The third-order valence-corrected chi connectivity index (χ3v) is 13.8. The van der Waals surface area contributed by atoms with Crippen LogP contribution in [0.2, 0.25) is 0 Å². The molecule has 1 saturated heterocycles. The standard InChI is InChI=1S/C32H40IN3O7/c1-17(34)26(40)36-20-8-5-18(6-9-20)27-42-30(35)14-23-22-10-7-19-13-21(38)11-12-28(19,2)31(22,33)25(41-4)15-29(23,3)32(30,43-27)24(39)16-37/h5-6,8-9,11-13,17,22-23,25,27,37H,7,10,14-16,34-35H2,1-4H3,(H,36,40)/t17-,22-,23-,25-,27+,28-,29-,30+,31-,32-/m0/s1. The zero-order valence-corrected chi connectivity index (χ0v) is 27.1. The molecule has 6 rings (SSSR count). The number of nitrogens with one attached hydrogen (secondary N) is 1. The number of halogens is 1. The second kappa shape index (κ2) is 10.3. The first-order valence-electron chi connectivity index (χ1n) is 14.8. The fourth-order valence-electron chi connectivity index (χ4n) is 9.10. The summed E-state index contributed by atoms with van der Waals surface area (Å²) in [6.45, 7) is 5.08. The van der Waals surface area contributed by atoms with Gasteiger partial charge in [-0.05, 0) is 68.7 Å². The first kappa shape index (κ1) is 31.0. The number of aliphatic hydroxyl groups excluding tert-OH is 1. The van der Waals surface area contributed by atoms with E-state index < -0.39 is 50.3 Å². The van der Waals surface area contributed by atoms with Gasteiger partial charge in [-0.15, -0.1) is 0 Å². The number of rotatable bonds is 6. The Bertz CT molecular complexity index is 1430. The van der Waals surface area contributed by atoms with Gasteiger partial charge in [0.25, 0.3) is 0 Å². The number of ketones is 2. The molecule has 1 aromatic rings. The van der Waals surface area contributed by atoms with Crippen LogP contribution in [0.3, 0.4) is 0 Å². The number of ether oxygens (including phenoxy) is 3. The van der Waals surface area contributed by atoms with E-state index in [1.165, 1.54) is 0 Å². The Kier molecular flexibility index (Phi) is 7.40. The largest absolute Gasteiger partial charge is 0.388 e. The van der Waals surface area contributed by atoms with Crippen LogP contribution in [0.4, 0.5) is 5.69 Å². The van der Waals surface area contributed by atoms with Gasteiger partial charge in [0.1, 0.15) is 6.61 Å². The minimum absolute atomic E-state index is 0.00142. The number of fused-ring (bicyclic) bond motifs is 7. The van der Waals surface area contributed by atoms with Crippen LogP contribution in [0.25, 0.3) is 0 Å². The molecule has 1 heterocycles. The number of carbonyl (C=O) groups is 3. The summed E-state index contributed by atoms with van der Waals surface area (Å²) in [7, 11) is 1.69. The molecule has 6 N–H and O–H groups in total. The van der Waals surface area contributed by atoms with Gasteiger partial charge in [-0.3, -0.25) is 14.4 Å². The normalized spacial score (nSPS) is 43.6. The predicted octanol–water partition coefficient (Wildman–Crippen LogP) is 3.07. The SMILES string of the molecule is CO[C@H]1C[C@@]2(C)[C@@H](C[C@@]3(N)O[C@@H](c4ccc(NC(=O)[C@H](C)N)cc4)O[C@]32C(=O)CO)[C@@H]2CCC3=CC(=O)C=C[C@]3(C)[C@@]12I. The molecule has 0 unspecified atom stereocenters. The Morgan fingerprint density at radius 2 is 1.88 bits per heavy atom. The summed E-state index contributed by atoms with van der Waals surface area (Å²) >= 11 is 2.56. The van der Waals surface area contributed by atoms with Gasteiger partial charge in [-0.1, -0.05) is 60.2 Å². The Balaban J connectivity index is 1.39. The third-order valence-electron chi connectivity index (χ3n) is 11.2. The molecule has 0 aromatic heterocycles. The Hall–Kier alpha value is -2.00. The maximum Gasteiger partial charge on any atom is 0.240 e. The molecule has 0 radical (unpaired) electrons. The number of alkyl halides is 1. The van der Waals surface area contributed by atoms with Crippen LogP contribution >= 0.6 is 22.6 Å². The molecule has 4 fully saturated rings. The highest BCUT2D eigenvalue weighted by molar-refractivity contribution is 14.1. The summed E-state index contributed by atoms with van der Waals surface area (Å²) in [5.41, 5.74) is 10.7. The van der Waals surface area contributed by atoms with E-state index in [9.17, 15) is 19.5 Å². The van der Waals surface area contributed by atoms with E-state index in [1.807, 2.05) is 13.0 Å². The molecular formula is C32H40IN3O7. The third kappa shape index (κ3) is 4.01. The Morgan fingerprint density at radius 3 is 2.51 bits per heavy atom. The van der Waals surface area contributed by atoms with E-state index in [0.717, 1.165) is 18.4 Å². The molecule has 3 saturated carbocycles. The number of carbonyl (C=O) groups excluding carboxylic acids is 3. The summed E-state index contributed by atoms with van der Waals surface area (Å²) in [6.07, 6.45) is 6.53. The van der Waals surface area contributed by atoms with Crippen molar-refractivity contribution in [2.24, 2.45) is 34.1 Å². The lowest BCUT2D eigenvalue weighted by atomic mass is 9.46. The molecule has 1 aliphatic heterocycles. The lowest BCUT2D eigenvalue weighted by Crippen LogP contribution is -2.71. The van der Waals surface area contributed by atoms with E-state index in [0.29, 0.717) is 24.1 Å². The first-order chi connectivity index (χ1) is 20.2. The molecule has 0 bridgehead atoms. The highest BCUT2D eigenvalue weighted by atomic mass is 127. The van der Waals surface area contributed by atoms with Crippen molar-refractivity contribution in [3.63, 3.8) is 0 Å². The minimum atomic E-state index is -1.63. The van der Waals surface area contributed by atoms with Crippen molar-refractivity contribution in [1.82, 2.24) is 0 Å². The number of allylic oxidation sites excluding steroid dienone is 4. The van der Waals surface area contributed by atoms with Gasteiger partial charge in [0.05, 0.1) is 15.6 Å². The second-order valence-electron chi connectivity index (χ2n) is 13.3. The van der Waals surface area contributed by atoms with Crippen LogP contribution in [0, 0.1) is 22.7 Å². The van der Waals surface area contributed by atoms with Gasteiger partial charge in [0.2, 0.25) is 5.91 Å². The molecule has 4 aliphatic carbocycles. The fourth-order valence-corrected chi connectivity index (χ4v) is 10.8. The smallest absolute Gasteiger partial charge is 0.240 e. The summed E-state index contributed by atoms with van der Waals surface area (Å²) in [5.74, 6) is -0.845. The highest BCUT2D eigenvalue weighted by Gasteiger charge is 2.82. The zero-order chi connectivity index (χ0) is 31.2. The summed E-state index contributed by atoms with van der Waals surface area (Å²) in [6, 6.07) is 6.28. The van der Waals surface area contributed by atoms with Crippen LogP contribution in [-0.2, 0) is 28.6 Å². The Labute approximate surface area is 265 Å². The molecule has 43 heavy (non-hydrogen) atoms. The van der Waals surface area contributed by atoms with Gasteiger partial charge < -0.3 is 36.1 Å². The highest BCUT2D eigenvalue weighted by Crippen LogP contribution is 2.75. The van der Waals surface area contributed by atoms with Crippen LogP contribution < -0.4 is 16.8 Å².